The number of rotatable bonds is 8. The van der Waals surface area contributed by atoms with E-state index in [1.807, 2.05) is 12.1 Å². The van der Waals surface area contributed by atoms with E-state index in [1.165, 1.54) is 4.90 Å². The van der Waals surface area contributed by atoms with Crippen LogP contribution in [0.15, 0.2) is 60.7 Å². The normalized spacial score (nSPS) is 15.3. The van der Waals surface area contributed by atoms with Gasteiger partial charge in [-0.05, 0) is 24.0 Å². The van der Waals surface area contributed by atoms with Crippen LogP contribution in [0.5, 0.6) is 0 Å². The van der Waals surface area contributed by atoms with Gasteiger partial charge in [-0.25, -0.2) is 4.79 Å². The maximum Gasteiger partial charge on any atom is 0.410 e. The van der Waals surface area contributed by atoms with Crippen LogP contribution in [0.1, 0.15) is 24.0 Å². The first-order valence-electron chi connectivity index (χ1n) is 10.7. The van der Waals surface area contributed by atoms with Gasteiger partial charge in [0.25, 0.3) is 0 Å². The largest absolute Gasteiger partial charge is 0.460 e. The standard InChI is InChI=1S/C24H27NO9/c26-20(32-15-18-7-3-1-4-8-18)23(21(27)33-16-19-9-5-2-6-10-19)11-13-25(14-12-23)22(28)34-17-24(29,30)31/h1-10,29-31H,11-17H2. The molecule has 3 rings (SSSR count). The molecule has 1 aliphatic rings. The molecule has 34 heavy (non-hydrogen) atoms. The summed E-state index contributed by atoms with van der Waals surface area (Å²) in [5.41, 5.74) is -0.106. The van der Waals surface area contributed by atoms with Gasteiger partial charge in [0.1, 0.15) is 13.2 Å². The molecule has 0 saturated carbocycles. The van der Waals surface area contributed by atoms with E-state index in [0.29, 0.717) is 0 Å². The molecule has 0 radical (unpaired) electrons. The maximum atomic E-state index is 13.1. The Balaban J connectivity index is 1.68. The number of ether oxygens (including phenoxy) is 3. The number of carbonyl (C=O) groups excluding carboxylic acids is 3. The Bertz CT molecular complexity index is 907. The van der Waals surface area contributed by atoms with Gasteiger partial charge in [-0.1, -0.05) is 60.7 Å². The smallest absolute Gasteiger partial charge is 0.410 e. The SMILES string of the molecule is O=C(OCC(O)(O)O)N1CCC(C(=O)OCc2ccccc2)(C(=O)OCc2ccccc2)CC1. The third kappa shape index (κ3) is 6.77. The van der Waals surface area contributed by atoms with Gasteiger partial charge in [0.15, 0.2) is 12.0 Å². The molecule has 1 heterocycles. The zero-order valence-corrected chi connectivity index (χ0v) is 18.5. The third-order valence-electron chi connectivity index (χ3n) is 5.47. The van der Waals surface area contributed by atoms with Gasteiger partial charge in [0.2, 0.25) is 0 Å². The summed E-state index contributed by atoms with van der Waals surface area (Å²) in [6, 6.07) is 18.0. The van der Waals surface area contributed by atoms with Crippen molar-refractivity contribution in [2.45, 2.75) is 32.0 Å². The molecule has 1 aliphatic heterocycles. The lowest BCUT2D eigenvalue weighted by atomic mass is 9.78. The lowest BCUT2D eigenvalue weighted by Gasteiger charge is -2.37. The van der Waals surface area contributed by atoms with Gasteiger partial charge >= 0.3 is 24.0 Å². The van der Waals surface area contributed by atoms with Crippen LogP contribution in [0.4, 0.5) is 4.79 Å². The van der Waals surface area contributed by atoms with Crippen LogP contribution in [0, 0.1) is 5.41 Å². The first-order chi connectivity index (χ1) is 16.2. The monoisotopic (exact) mass is 473 g/mol. The fourth-order valence-corrected chi connectivity index (χ4v) is 3.53. The number of carbonyl (C=O) groups is 3. The fourth-order valence-electron chi connectivity index (χ4n) is 3.53. The Morgan fingerprint density at radius 3 is 1.62 bits per heavy atom. The summed E-state index contributed by atoms with van der Waals surface area (Å²) in [6.45, 7) is -1.19. The summed E-state index contributed by atoms with van der Waals surface area (Å²) in [5.74, 6) is -4.65. The Morgan fingerprint density at radius 1 is 0.765 bits per heavy atom. The molecule has 0 bridgehead atoms. The van der Waals surface area contributed by atoms with Crippen molar-refractivity contribution in [2.24, 2.45) is 5.41 Å². The molecule has 1 saturated heterocycles. The molecule has 0 atom stereocenters. The van der Waals surface area contributed by atoms with Crippen molar-refractivity contribution >= 4 is 18.0 Å². The van der Waals surface area contributed by atoms with Crippen LogP contribution in [0.3, 0.4) is 0 Å². The number of amides is 1. The average Bonchev–Trinajstić information content (AvgIpc) is 2.85. The third-order valence-corrected chi connectivity index (χ3v) is 5.47. The van der Waals surface area contributed by atoms with E-state index < -0.39 is 36.0 Å². The van der Waals surface area contributed by atoms with E-state index >= 15 is 0 Å². The predicted molar refractivity (Wildman–Crippen MR) is 116 cm³/mol. The zero-order chi connectivity index (χ0) is 24.6. The number of hydrogen-bond donors (Lipinski definition) is 3. The van der Waals surface area contributed by atoms with Crippen LogP contribution in [0.25, 0.3) is 0 Å². The Kier molecular flexibility index (Phi) is 8.21. The number of esters is 2. The minimum absolute atomic E-state index is 0.0231. The molecule has 1 amide bonds. The molecule has 10 heteroatoms. The van der Waals surface area contributed by atoms with Crippen LogP contribution in [-0.2, 0) is 37.0 Å². The summed E-state index contributed by atoms with van der Waals surface area (Å²) in [7, 11) is 0. The van der Waals surface area contributed by atoms with E-state index in [0.717, 1.165) is 11.1 Å². The molecule has 3 N–H and O–H groups in total. The molecule has 0 unspecified atom stereocenters. The van der Waals surface area contributed by atoms with Gasteiger partial charge < -0.3 is 34.4 Å². The summed E-state index contributed by atoms with van der Waals surface area (Å²) in [4.78, 5) is 39.6. The molecular weight excluding hydrogens is 446 g/mol. The van der Waals surface area contributed by atoms with Crippen LogP contribution >= 0.6 is 0 Å². The topological polar surface area (TPSA) is 143 Å². The average molecular weight is 473 g/mol. The molecule has 10 nitrogen and oxygen atoms in total. The first kappa shape index (κ1) is 25.2. The van der Waals surface area contributed by atoms with E-state index in [9.17, 15) is 14.4 Å². The molecular formula is C24H27NO9. The molecule has 2 aromatic rings. The number of piperidine rings is 1. The molecule has 1 fully saturated rings. The first-order valence-corrected chi connectivity index (χ1v) is 10.7. The summed E-state index contributed by atoms with van der Waals surface area (Å²) in [5, 5.41) is 26.7. The number of benzene rings is 2. The molecule has 182 valence electrons. The number of aliphatic hydroxyl groups is 3. The second-order valence-electron chi connectivity index (χ2n) is 8.02. The molecule has 0 aromatic heterocycles. The van der Waals surface area contributed by atoms with Crippen molar-refractivity contribution in [1.29, 1.82) is 0 Å². The van der Waals surface area contributed by atoms with Crippen molar-refractivity contribution < 1.29 is 43.9 Å². The molecule has 0 spiro atoms. The van der Waals surface area contributed by atoms with E-state index in [2.05, 4.69) is 4.74 Å². The Labute approximate surface area is 196 Å². The quantitative estimate of drug-likeness (QED) is 0.224. The predicted octanol–water partition coefficient (Wildman–Crippen LogP) is 1.32. The van der Waals surface area contributed by atoms with Crippen molar-refractivity contribution in [2.75, 3.05) is 19.7 Å². The maximum absolute atomic E-state index is 13.1. The summed E-state index contributed by atoms with van der Waals surface area (Å²) < 4.78 is 15.6. The fraction of sp³-hybridized carbons (Fsp3) is 0.375. The minimum atomic E-state index is -3.16. The van der Waals surface area contributed by atoms with Crippen molar-refractivity contribution in [1.82, 2.24) is 4.90 Å². The van der Waals surface area contributed by atoms with Gasteiger partial charge in [-0.3, -0.25) is 9.59 Å². The lowest BCUT2D eigenvalue weighted by Crippen LogP contribution is -2.52. The van der Waals surface area contributed by atoms with Crippen LogP contribution in [-0.4, -0.2) is 63.9 Å². The lowest BCUT2D eigenvalue weighted by molar-refractivity contribution is -0.326. The Hall–Kier alpha value is -3.47. The second-order valence-corrected chi connectivity index (χ2v) is 8.02. The van der Waals surface area contributed by atoms with Gasteiger partial charge in [0, 0.05) is 13.1 Å². The molecule has 2 aromatic carbocycles. The second kappa shape index (κ2) is 11.1. The van der Waals surface area contributed by atoms with Gasteiger partial charge in [-0.2, -0.15) is 0 Å². The minimum Gasteiger partial charge on any atom is -0.460 e. The van der Waals surface area contributed by atoms with E-state index in [-0.39, 0.29) is 39.1 Å². The molecule has 0 aliphatic carbocycles. The van der Waals surface area contributed by atoms with Crippen LogP contribution < -0.4 is 0 Å². The number of nitrogens with zero attached hydrogens (tertiary/aromatic N) is 1. The van der Waals surface area contributed by atoms with E-state index in [1.54, 1.807) is 48.5 Å². The van der Waals surface area contributed by atoms with Crippen LogP contribution in [0.2, 0.25) is 0 Å². The van der Waals surface area contributed by atoms with E-state index in [4.69, 9.17) is 24.8 Å². The summed E-state index contributed by atoms with van der Waals surface area (Å²) in [6.07, 6.45) is -1.08. The van der Waals surface area contributed by atoms with Gasteiger partial charge in [0.05, 0.1) is 0 Å². The highest BCUT2D eigenvalue weighted by Gasteiger charge is 2.51. The summed E-state index contributed by atoms with van der Waals surface area (Å²) >= 11 is 0. The van der Waals surface area contributed by atoms with Gasteiger partial charge in [-0.15, -0.1) is 0 Å². The van der Waals surface area contributed by atoms with Crippen molar-refractivity contribution in [3.63, 3.8) is 0 Å². The highest BCUT2D eigenvalue weighted by Crippen LogP contribution is 2.35. The number of hydrogen-bond acceptors (Lipinski definition) is 9. The van der Waals surface area contributed by atoms with Crippen molar-refractivity contribution in [3.05, 3.63) is 71.8 Å². The number of likely N-dealkylation sites (tertiary alicyclic amines) is 1. The Morgan fingerprint density at radius 2 is 1.21 bits per heavy atom. The highest BCUT2D eigenvalue weighted by atomic mass is 16.7. The highest BCUT2D eigenvalue weighted by molar-refractivity contribution is 6.00. The zero-order valence-electron chi connectivity index (χ0n) is 18.5. The van der Waals surface area contributed by atoms with Crippen molar-refractivity contribution in [3.8, 4) is 0 Å².